The van der Waals surface area contributed by atoms with Crippen LogP contribution in [0.3, 0.4) is 0 Å². The highest BCUT2D eigenvalue weighted by atomic mass is 15.2. The van der Waals surface area contributed by atoms with Crippen molar-refractivity contribution in [2.45, 2.75) is 33.2 Å². The van der Waals surface area contributed by atoms with Gasteiger partial charge >= 0.3 is 0 Å². The molecule has 0 fully saturated rings. The Balaban J connectivity index is 2.42. The molecule has 2 N–H and O–H groups in total. The van der Waals surface area contributed by atoms with E-state index in [1.165, 1.54) is 22.4 Å². The smallest absolute Gasteiger partial charge is 0.0667 e. The minimum absolute atomic E-state index is 0.230. The minimum Gasteiger partial charge on any atom is -0.363 e. The van der Waals surface area contributed by atoms with E-state index in [9.17, 15) is 0 Å². The fourth-order valence-electron chi connectivity index (χ4n) is 2.99. The van der Waals surface area contributed by atoms with Crippen molar-refractivity contribution in [1.29, 1.82) is 0 Å². The first kappa shape index (κ1) is 15.6. The molecule has 0 aliphatic rings. The van der Waals surface area contributed by atoms with Gasteiger partial charge in [0.05, 0.1) is 6.04 Å². The summed E-state index contributed by atoms with van der Waals surface area (Å²) in [7, 11) is 0. The summed E-state index contributed by atoms with van der Waals surface area (Å²) >= 11 is 0. The molecule has 0 spiro atoms. The molecule has 0 bridgehead atoms. The SMILES string of the molecule is CCc1ccccc1C(CN)N(CC)c1cccc(C)c1. The fraction of sp³-hybridized carbons (Fsp3) is 0.368. The number of benzene rings is 2. The molecule has 0 radical (unpaired) electrons. The molecule has 112 valence electrons. The molecule has 0 aromatic heterocycles. The molecule has 2 heteroatoms. The number of aryl methyl sites for hydroxylation is 2. The molecule has 1 unspecified atom stereocenters. The highest BCUT2D eigenvalue weighted by Gasteiger charge is 2.20. The van der Waals surface area contributed by atoms with Gasteiger partial charge in [0, 0.05) is 18.8 Å². The lowest BCUT2D eigenvalue weighted by Crippen LogP contribution is -2.34. The Bertz CT molecular complexity index is 577. The second kappa shape index (κ2) is 7.28. The number of rotatable bonds is 6. The van der Waals surface area contributed by atoms with Gasteiger partial charge in [-0.3, -0.25) is 0 Å². The van der Waals surface area contributed by atoms with Gasteiger partial charge in [0.15, 0.2) is 0 Å². The van der Waals surface area contributed by atoms with Crippen molar-refractivity contribution in [3.8, 4) is 0 Å². The average Bonchev–Trinajstić information content (AvgIpc) is 2.52. The summed E-state index contributed by atoms with van der Waals surface area (Å²) in [6.07, 6.45) is 1.04. The molecule has 2 aromatic rings. The van der Waals surface area contributed by atoms with Crippen molar-refractivity contribution < 1.29 is 0 Å². The third kappa shape index (κ3) is 3.45. The van der Waals surface area contributed by atoms with Gasteiger partial charge in [0.1, 0.15) is 0 Å². The molecule has 0 amide bonds. The van der Waals surface area contributed by atoms with Crippen LogP contribution in [0, 0.1) is 6.92 Å². The normalized spacial score (nSPS) is 12.2. The standard InChI is InChI=1S/C19H26N2/c1-4-16-10-6-7-12-18(16)19(14-20)21(5-2)17-11-8-9-15(3)13-17/h6-13,19H,4-5,14,20H2,1-3H3. The van der Waals surface area contributed by atoms with Gasteiger partial charge in [-0.25, -0.2) is 0 Å². The van der Waals surface area contributed by atoms with E-state index in [1.54, 1.807) is 0 Å². The fourth-order valence-corrected chi connectivity index (χ4v) is 2.99. The van der Waals surface area contributed by atoms with Crippen molar-refractivity contribution in [1.82, 2.24) is 0 Å². The van der Waals surface area contributed by atoms with Crippen LogP contribution in [-0.4, -0.2) is 13.1 Å². The van der Waals surface area contributed by atoms with Crippen molar-refractivity contribution >= 4 is 5.69 Å². The molecule has 2 rings (SSSR count). The second-order valence-corrected chi connectivity index (χ2v) is 5.43. The van der Waals surface area contributed by atoms with Gasteiger partial charge in [-0.2, -0.15) is 0 Å². The van der Waals surface area contributed by atoms with Crippen LogP contribution in [0.25, 0.3) is 0 Å². The monoisotopic (exact) mass is 282 g/mol. The van der Waals surface area contributed by atoms with Crippen LogP contribution >= 0.6 is 0 Å². The maximum atomic E-state index is 6.14. The molecule has 0 heterocycles. The Kier molecular flexibility index (Phi) is 5.40. The number of hydrogen-bond acceptors (Lipinski definition) is 2. The van der Waals surface area contributed by atoms with Gasteiger partial charge in [0.2, 0.25) is 0 Å². The van der Waals surface area contributed by atoms with Crippen molar-refractivity contribution in [3.05, 3.63) is 65.2 Å². The molecular weight excluding hydrogens is 256 g/mol. The predicted octanol–water partition coefficient (Wildman–Crippen LogP) is 4.08. The molecule has 0 aliphatic heterocycles. The Labute approximate surface area is 128 Å². The number of likely N-dealkylation sites (N-methyl/N-ethyl adjacent to an activating group) is 1. The van der Waals surface area contributed by atoms with Gasteiger partial charge in [-0.15, -0.1) is 0 Å². The van der Waals surface area contributed by atoms with E-state index in [4.69, 9.17) is 5.73 Å². The zero-order valence-corrected chi connectivity index (χ0v) is 13.3. The first-order valence-corrected chi connectivity index (χ1v) is 7.82. The third-order valence-electron chi connectivity index (χ3n) is 4.07. The Morgan fingerprint density at radius 3 is 2.43 bits per heavy atom. The number of anilines is 1. The van der Waals surface area contributed by atoms with Crippen LogP contribution in [0.1, 0.15) is 36.6 Å². The van der Waals surface area contributed by atoms with E-state index in [0.717, 1.165) is 13.0 Å². The van der Waals surface area contributed by atoms with E-state index in [1.807, 2.05) is 0 Å². The van der Waals surface area contributed by atoms with E-state index in [0.29, 0.717) is 6.54 Å². The van der Waals surface area contributed by atoms with Crippen LogP contribution in [-0.2, 0) is 6.42 Å². The van der Waals surface area contributed by atoms with Crippen LogP contribution in [0.4, 0.5) is 5.69 Å². The molecular formula is C19H26N2. The topological polar surface area (TPSA) is 29.3 Å². The molecule has 21 heavy (non-hydrogen) atoms. The second-order valence-electron chi connectivity index (χ2n) is 5.43. The maximum Gasteiger partial charge on any atom is 0.0667 e. The van der Waals surface area contributed by atoms with Crippen LogP contribution in [0.5, 0.6) is 0 Å². The zero-order chi connectivity index (χ0) is 15.2. The van der Waals surface area contributed by atoms with Crippen LogP contribution < -0.4 is 10.6 Å². The van der Waals surface area contributed by atoms with E-state index < -0.39 is 0 Å². The molecule has 0 aliphatic carbocycles. The summed E-state index contributed by atoms with van der Waals surface area (Å²) in [4.78, 5) is 2.40. The van der Waals surface area contributed by atoms with E-state index >= 15 is 0 Å². The number of hydrogen-bond donors (Lipinski definition) is 1. The van der Waals surface area contributed by atoms with Gasteiger partial charge in [-0.05, 0) is 49.1 Å². The molecule has 1 atom stereocenters. The summed E-state index contributed by atoms with van der Waals surface area (Å²) < 4.78 is 0. The molecule has 2 nitrogen and oxygen atoms in total. The van der Waals surface area contributed by atoms with Crippen LogP contribution in [0.15, 0.2) is 48.5 Å². The van der Waals surface area contributed by atoms with E-state index in [2.05, 4.69) is 74.2 Å². The number of nitrogens with two attached hydrogens (primary N) is 1. The average molecular weight is 282 g/mol. The highest BCUT2D eigenvalue weighted by Crippen LogP contribution is 2.29. The van der Waals surface area contributed by atoms with Crippen molar-refractivity contribution in [3.63, 3.8) is 0 Å². The third-order valence-corrected chi connectivity index (χ3v) is 4.07. The van der Waals surface area contributed by atoms with Gasteiger partial charge < -0.3 is 10.6 Å². The lowest BCUT2D eigenvalue weighted by molar-refractivity contribution is 0.637. The lowest BCUT2D eigenvalue weighted by Gasteiger charge is -2.33. The molecule has 2 aromatic carbocycles. The summed E-state index contributed by atoms with van der Waals surface area (Å²) in [6.45, 7) is 8.10. The summed E-state index contributed by atoms with van der Waals surface area (Å²) in [6, 6.07) is 17.5. The van der Waals surface area contributed by atoms with Crippen LogP contribution in [0.2, 0.25) is 0 Å². The Hall–Kier alpha value is -1.80. The molecule has 0 saturated heterocycles. The van der Waals surface area contributed by atoms with Crippen molar-refractivity contribution in [2.24, 2.45) is 5.73 Å². The number of nitrogens with zero attached hydrogens (tertiary/aromatic N) is 1. The summed E-state index contributed by atoms with van der Waals surface area (Å²) in [5, 5.41) is 0. The zero-order valence-electron chi connectivity index (χ0n) is 13.3. The Morgan fingerprint density at radius 2 is 1.81 bits per heavy atom. The maximum absolute atomic E-state index is 6.14. The quantitative estimate of drug-likeness (QED) is 0.865. The summed E-state index contributed by atoms with van der Waals surface area (Å²) in [5.74, 6) is 0. The highest BCUT2D eigenvalue weighted by molar-refractivity contribution is 5.51. The van der Waals surface area contributed by atoms with Gasteiger partial charge in [-0.1, -0.05) is 43.3 Å². The van der Waals surface area contributed by atoms with E-state index in [-0.39, 0.29) is 6.04 Å². The predicted molar refractivity (Wildman–Crippen MR) is 91.8 cm³/mol. The summed E-state index contributed by atoms with van der Waals surface area (Å²) in [5.41, 5.74) is 11.4. The lowest BCUT2D eigenvalue weighted by atomic mass is 9.96. The Morgan fingerprint density at radius 1 is 1.05 bits per heavy atom. The minimum atomic E-state index is 0.230. The van der Waals surface area contributed by atoms with Crippen molar-refractivity contribution in [2.75, 3.05) is 18.0 Å². The molecule has 0 saturated carbocycles. The first-order chi connectivity index (χ1) is 10.2. The largest absolute Gasteiger partial charge is 0.363 e. The van der Waals surface area contributed by atoms with Gasteiger partial charge in [0.25, 0.3) is 0 Å². The first-order valence-electron chi connectivity index (χ1n) is 7.82.